The number of hydrogen-bond acceptors (Lipinski definition) is 2. The van der Waals surface area contributed by atoms with Crippen molar-refractivity contribution < 1.29 is 18.3 Å². The van der Waals surface area contributed by atoms with Crippen molar-refractivity contribution in [3.05, 3.63) is 29.8 Å². The molecular weight excluding hydrogens is 231 g/mol. The summed E-state index contributed by atoms with van der Waals surface area (Å²) in [5, 5.41) is 9.85. The summed E-state index contributed by atoms with van der Waals surface area (Å²) in [7, 11) is 0. The van der Waals surface area contributed by atoms with Gasteiger partial charge in [-0.1, -0.05) is 18.2 Å². The molecule has 17 heavy (non-hydrogen) atoms. The van der Waals surface area contributed by atoms with E-state index >= 15 is 0 Å². The maximum absolute atomic E-state index is 12.5. The van der Waals surface area contributed by atoms with Crippen LogP contribution in [0.25, 0.3) is 0 Å². The van der Waals surface area contributed by atoms with Gasteiger partial charge in [-0.2, -0.15) is 13.2 Å². The van der Waals surface area contributed by atoms with E-state index in [2.05, 4.69) is 0 Å². The van der Waals surface area contributed by atoms with Crippen molar-refractivity contribution in [2.75, 3.05) is 18.0 Å². The standard InChI is InChI=1S/C12H14F3NO/c13-12(14,15)8-16-7-3-6-11(17)9-4-1-2-5-10(9)16/h1-2,4-5,11,17H,3,6-8H2. The largest absolute Gasteiger partial charge is 0.405 e. The highest BCUT2D eigenvalue weighted by Gasteiger charge is 2.33. The number of benzene rings is 1. The summed E-state index contributed by atoms with van der Waals surface area (Å²) in [5.41, 5.74) is 1.09. The average Bonchev–Trinajstić information content (AvgIpc) is 2.39. The van der Waals surface area contributed by atoms with E-state index in [9.17, 15) is 18.3 Å². The minimum atomic E-state index is -4.22. The van der Waals surface area contributed by atoms with Gasteiger partial charge in [-0.15, -0.1) is 0 Å². The van der Waals surface area contributed by atoms with Gasteiger partial charge in [-0.25, -0.2) is 0 Å². The lowest BCUT2D eigenvalue weighted by atomic mass is 10.0. The molecule has 0 aromatic heterocycles. The number of aliphatic hydroxyl groups excluding tert-OH is 1. The van der Waals surface area contributed by atoms with E-state index in [1.54, 1.807) is 24.3 Å². The topological polar surface area (TPSA) is 23.5 Å². The molecule has 0 radical (unpaired) electrons. The van der Waals surface area contributed by atoms with Crippen LogP contribution in [0, 0.1) is 0 Å². The molecule has 0 spiro atoms. The maximum Gasteiger partial charge on any atom is 0.405 e. The summed E-state index contributed by atoms with van der Waals surface area (Å²) in [6.07, 6.45) is -3.82. The number of aliphatic hydroxyl groups is 1. The van der Waals surface area contributed by atoms with Gasteiger partial charge >= 0.3 is 6.18 Å². The van der Waals surface area contributed by atoms with Crippen LogP contribution in [0.3, 0.4) is 0 Å². The van der Waals surface area contributed by atoms with E-state index in [0.29, 0.717) is 30.6 Å². The Morgan fingerprint density at radius 3 is 2.71 bits per heavy atom. The molecule has 2 nitrogen and oxygen atoms in total. The van der Waals surface area contributed by atoms with Gasteiger partial charge in [0, 0.05) is 17.8 Å². The SMILES string of the molecule is OC1CCCN(CC(F)(F)F)c2ccccc21. The van der Waals surface area contributed by atoms with Crippen molar-refractivity contribution in [3.8, 4) is 0 Å². The Morgan fingerprint density at radius 2 is 2.00 bits per heavy atom. The number of nitrogens with zero attached hydrogens (tertiary/aromatic N) is 1. The fourth-order valence-corrected chi connectivity index (χ4v) is 2.19. The van der Waals surface area contributed by atoms with E-state index in [0.717, 1.165) is 0 Å². The fraction of sp³-hybridized carbons (Fsp3) is 0.500. The third-order valence-electron chi connectivity index (χ3n) is 2.91. The van der Waals surface area contributed by atoms with Gasteiger partial charge in [0.1, 0.15) is 6.54 Å². The molecule has 0 amide bonds. The number of alkyl halides is 3. The zero-order valence-electron chi connectivity index (χ0n) is 9.24. The highest BCUT2D eigenvalue weighted by atomic mass is 19.4. The molecule has 1 aliphatic heterocycles. The van der Waals surface area contributed by atoms with Crippen LogP contribution < -0.4 is 4.90 Å². The smallest absolute Gasteiger partial charge is 0.388 e. The van der Waals surface area contributed by atoms with Crippen LogP contribution in [0.15, 0.2) is 24.3 Å². The van der Waals surface area contributed by atoms with E-state index in [1.807, 2.05) is 0 Å². The number of halogens is 3. The number of para-hydroxylation sites is 1. The molecule has 1 aromatic rings. The average molecular weight is 245 g/mol. The third-order valence-corrected chi connectivity index (χ3v) is 2.91. The van der Waals surface area contributed by atoms with Crippen molar-refractivity contribution >= 4 is 5.69 Å². The van der Waals surface area contributed by atoms with Crippen molar-refractivity contribution in [3.63, 3.8) is 0 Å². The number of fused-ring (bicyclic) bond motifs is 1. The lowest BCUT2D eigenvalue weighted by Crippen LogP contribution is -2.34. The Kier molecular flexibility index (Phi) is 3.28. The first-order chi connectivity index (χ1) is 7.97. The molecule has 0 aliphatic carbocycles. The van der Waals surface area contributed by atoms with E-state index in [4.69, 9.17) is 0 Å². The van der Waals surface area contributed by atoms with Crippen LogP contribution in [-0.4, -0.2) is 24.4 Å². The molecule has 1 heterocycles. The summed E-state index contributed by atoms with van der Waals surface area (Å²) in [6.45, 7) is -0.635. The molecule has 94 valence electrons. The van der Waals surface area contributed by atoms with Crippen molar-refractivity contribution in [1.29, 1.82) is 0 Å². The van der Waals surface area contributed by atoms with Gasteiger partial charge in [-0.05, 0) is 18.9 Å². The van der Waals surface area contributed by atoms with E-state index < -0.39 is 18.8 Å². The van der Waals surface area contributed by atoms with Crippen LogP contribution in [0.1, 0.15) is 24.5 Å². The van der Waals surface area contributed by atoms with Crippen LogP contribution in [0.5, 0.6) is 0 Å². The normalized spacial score (nSPS) is 20.9. The summed E-state index contributed by atoms with van der Waals surface area (Å²) < 4.78 is 37.4. The molecule has 1 N–H and O–H groups in total. The lowest BCUT2D eigenvalue weighted by molar-refractivity contribution is -0.119. The Bertz CT molecular complexity index is 392. The monoisotopic (exact) mass is 245 g/mol. The Morgan fingerprint density at radius 1 is 1.29 bits per heavy atom. The van der Waals surface area contributed by atoms with Crippen LogP contribution in [0.4, 0.5) is 18.9 Å². The Labute approximate surface area is 97.7 Å². The number of hydrogen-bond donors (Lipinski definition) is 1. The zero-order chi connectivity index (χ0) is 12.5. The summed E-state index contributed by atoms with van der Waals surface area (Å²) in [5.74, 6) is 0. The minimum absolute atomic E-state index is 0.327. The second-order valence-electron chi connectivity index (χ2n) is 4.25. The molecule has 5 heteroatoms. The predicted octanol–water partition coefficient (Wildman–Crippen LogP) is 2.88. The van der Waals surface area contributed by atoms with Crippen LogP contribution in [0.2, 0.25) is 0 Å². The molecule has 0 bridgehead atoms. The van der Waals surface area contributed by atoms with Gasteiger partial charge in [0.15, 0.2) is 0 Å². The molecule has 0 saturated heterocycles. The fourth-order valence-electron chi connectivity index (χ4n) is 2.19. The predicted molar refractivity (Wildman–Crippen MR) is 58.9 cm³/mol. The molecule has 1 atom stereocenters. The highest BCUT2D eigenvalue weighted by molar-refractivity contribution is 5.55. The third kappa shape index (κ3) is 2.91. The van der Waals surface area contributed by atoms with Crippen molar-refractivity contribution in [1.82, 2.24) is 0 Å². The lowest BCUT2D eigenvalue weighted by Gasteiger charge is -2.26. The van der Waals surface area contributed by atoms with Gasteiger partial charge in [0.05, 0.1) is 6.10 Å². The quantitative estimate of drug-likeness (QED) is 0.822. The minimum Gasteiger partial charge on any atom is -0.388 e. The van der Waals surface area contributed by atoms with Crippen molar-refractivity contribution in [2.45, 2.75) is 25.1 Å². The second kappa shape index (κ2) is 4.56. The van der Waals surface area contributed by atoms with Crippen LogP contribution in [-0.2, 0) is 0 Å². The van der Waals surface area contributed by atoms with Crippen LogP contribution >= 0.6 is 0 Å². The zero-order valence-corrected chi connectivity index (χ0v) is 9.24. The Hall–Kier alpha value is -1.23. The first kappa shape index (κ1) is 12.2. The number of anilines is 1. The molecule has 2 rings (SSSR count). The highest BCUT2D eigenvalue weighted by Crippen LogP contribution is 2.34. The number of rotatable bonds is 1. The molecule has 0 fully saturated rings. The van der Waals surface area contributed by atoms with Gasteiger partial charge in [0.2, 0.25) is 0 Å². The maximum atomic E-state index is 12.5. The summed E-state index contributed by atoms with van der Waals surface area (Å²) in [6, 6.07) is 6.75. The van der Waals surface area contributed by atoms with Crippen molar-refractivity contribution in [2.24, 2.45) is 0 Å². The summed E-state index contributed by atoms with van der Waals surface area (Å²) in [4.78, 5) is 1.30. The first-order valence-corrected chi connectivity index (χ1v) is 5.56. The first-order valence-electron chi connectivity index (χ1n) is 5.56. The van der Waals surface area contributed by atoms with E-state index in [1.165, 1.54) is 4.90 Å². The van der Waals surface area contributed by atoms with Gasteiger partial charge in [0.25, 0.3) is 0 Å². The summed E-state index contributed by atoms with van der Waals surface area (Å²) >= 11 is 0. The van der Waals surface area contributed by atoms with Gasteiger partial charge < -0.3 is 10.0 Å². The van der Waals surface area contributed by atoms with E-state index in [-0.39, 0.29) is 0 Å². The molecule has 1 aliphatic rings. The second-order valence-corrected chi connectivity index (χ2v) is 4.25. The Balaban J connectivity index is 2.32. The molecule has 1 unspecified atom stereocenters. The molecular formula is C12H14F3NO. The molecule has 1 aromatic carbocycles. The van der Waals surface area contributed by atoms with Gasteiger partial charge in [-0.3, -0.25) is 0 Å². The molecule has 0 saturated carbocycles.